The summed E-state index contributed by atoms with van der Waals surface area (Å²) in [4.78, 5) is 27.5. The van der Waals surface area contributed by atoms with E-state index in [1.54, 1.807) is 4.90 Å². The number of piperazine rings is 1. The van der Waals surface area contributed by atoms with E-state index in [9.17, 15) is 9.59 Å². The first-order valence-corrected chi connectivity index (χ1v) is 7.41. The maximum absolute atomic E-state index is 12.5. The van der Waals surface area contributed by atoms with Crippen LogP contribution in [0.2, 0.25) is 0 Å². The van der Waals surface area contributed by atoms with Crippen LogP contribution >= 0.6 is 12.4 Å². The van der Waals surface area contributed by atoms with E-state index in [2.05, 4.69) is 4.74 Å². The van der Waals surface area contributed by atoms with Crippen molar-refractivity contribution in [2.24, 2.45) is 5.73 Å². The summed E-state index contributed by atoms with van der Waals surface area (Å²) in [6.07, 6.45) is 0. The van der Waals surface area contributed by atoms with E-state index in [0.29, 0.717) is 26.2 Å². The molecule has 1 fully saturated rings. The summed E-state index contributed by atoms with van der Waals surface area (Å²) in [7, 11) is 1.38. The van der Waals surface area contributed by atoms with Crippen LogP contribution in [0, 0.1) is 6.92 Å². The Morgan fingerprint density at radius 1 is 1.17 bits per heavy atom. The quantitative estimate of drug-likeness (QED) is 0.817. The molecule has 6 nitrogen and oxygen atoms in total. The summed E-state index contributed by atoms with van der Waals surface area (Å²) in [6.45, 7) is 4.73. The minimum absolute atomic E-state index is 0. The molecule has 7 heteroatoms. The molecule has 1 saturated heterocycles. The number of carbonyl (C=O) groups is 2. The van der Waals surface area contributed by atoms with Crippen molar-refractivity contribution in [1.29, 1.82) is 0 Å². The second-order valence-electron chi connectivity index (χ2n) is 5.57. The number of nitrogens with two attached hydrogens (primary N) is 1. The van der Waals surface area contributed by atoms with E-state index < -0.39 is 6.04 Å². The third kappa shape index (κ3) is 5.20. The lowest BCUT2D eigenvalue weighted by Crippen LogP contribution is -2.52. The molecule has 2 N–H and O–H groups in total. The van der Waals surface area contributed by atoms with E-state index >= 15 is 0 Å². The van der Waals surface area contributed by atoms with Crippen LogP contribution in [0.1, 0.15) is 17.2 Å². The lowest BCUT2D eigenvalue weighted by Gasteiger charge is -2.35. The zero-order valence-electron chi connectivity index (χ0n) is 13.5. The van der Waals surface area contributed by atoms with E-state index in [4.69, 9.17) is 5.73 Å². The normalized spacial score (nSPS) is 16.4. The monoisotopic (exact) mass is 341 g/mol. The number of benzene rings is 1. The van der Waals surface area contributed by atoms with Crippen molar-refractivity contribution in [3.8, 4) is 0 Å². The summed E-state index contributed by atoms with van der Waals surface area (Å²) < 4.78 is 4.65. The van der Waals surface area contributed by atoms with Gasteiger partial charge in [0.25, 0.3) is 0 Å². The van der Waals surface area contributed by atoms with Crippen molar-refractivity contribution >= 4 is 24.3 Å². The van der Waals surface area contributed by atoms with Crippen LogP contribution < -0.4 is 5.73 Å². The van der Waals surface area contributed by atoms with E-state index in [1.165, 1.54) is 7.11 Å². The molecule has 0 aliphatic carbocycles. The Morgan fingerprint density at radius 3 is 2.26 bits per heavy atom. The summed E-state index contributed by atoms with van der Waals surface area (Å²) in [6, 6.07) is 7.07. The summed E-state index contributed by atoms with van der Waals surface area (Å²) in [5.41, 5.74) is 8.04. The van der Waals surface area contributed by atoms with Gasteiger partial charge in [0.15, 0.2) is 0 Å². The van der Waals surface area contributed by atoms with Crippen molar-refractivity contribution in [3.05, 3.63) is 35.4 Å². The van der Waals surface area contributed by atoms with Crippen LogP contribution in [-0.4, -0.2) is 61.5 Å². The van der Waals surface area contributed by atoms with Crippen molar-refractivity contribution < 1.29 is 14.3 Å². The molecule has 23 heavy (non-hydrogen) atoms. The van der Waals surface area contributed by atoms with Crippen molar-refractivity contribution in [2.45, 2.75) is 13.0 Å². The number of hydrogen-bond acceptors (Lipinski definition) is 5. The Labute approximate surface area is 143 Å². The third-order valence-electron chi connectivity index (χ3n) is 3.97. The van der Waals surface area contributed by atoms with Gasteiger partial charge in [-0.15, -0.1) is 12.4 Å². The lowest BCUT2D eigenvalue weighted by atomic mass is 10.0. The molecule has 1 aromatic carbocycles. The molecule has 1 aliphatic rings. The molecule has 0 bridgehead atoms. The summed E-state index contributed by atoms with van der Waals surface area (Å²) in [5.74, 6) is -0.322. The standard InChI is InChI=1S/C16H23N3O3.ClH/c1-12-3-5-13(6-4-12)15(17)16(21)19-9-7-18(8-10-19)11-14(20)22-2;/h3-6,15H,7-11,17H2,1-2H3;1H. The van der Waals surface area contributed by atoms with Crippen LogP contribution in [0.25, 0.3) is 0 Å². The van der Waals surface area contributed by atoms with Gasteiger partial charge in [-0.1, -0.05) is 29.8 Å². The molecule has 1 heterocycles. The first kappa shape index (κ1) is 19.4. The predicted molar refractivity (Wildman–Crippen MR) is 90.4 cm³/mol. The number of halogens is 1. The average Bonchev–Trinajstić information content (AvgIpc) is 2.55. The van der Waals surface area contributed by atoms with Gasteiger partial charge in [-0.25, -0.2) is 0 Å². The van der Waals surface area contributed by atoms with Crippen LogP contribution in [0.15, 0.2) is 24.3 Å². The Bertz CT molecular complexity index is 528. The fraction of sp³-hybridized carbons (Fsp3) is 0.500. The molecule has 1 aromatic rings. The number of amides is 1. The Kier molecular flexibility index (Phi) is 7.48. The number of carbonyl (C=O) groups excluding carboxylic acids is 2. The second-order valence-corrected chi connectivity index (χ2v) is 5.57. The molecular formula is C16H24ClN3O3. The zero-order valence-corrected chi connectivity index (χ0v) is 14.3. The Balaban J connectivity index is 0.00000264. The number of methoxy groups -OCH3 is 1. The number of rotatable bonds is 4. The highest BCUT2D eigenvalue weighted by molar-refractivity contribution is 5.85. The number of nitrogens with zero attached hydrogens (tertiary/aromatic N) is 2. The van der Waals surface area contributed by atoms with Crippen LogP contribution in [0.4, 0.5) is 0 Å². The molecule has 1 unspecified atom stereocenters. The summed E-state index contributed by atoms with van der Waals surface area (Å²) in [5, 5.41) is 0. The van der Waals surface area contributed by atoms with Gasteiger partial charge < -0.3 is 15.4 Å². The highest BCUT2D eigenvalue weighted by Gasteiger charge is 2.26. The van der Waals surface area contributed by atoms with Crippen LogP contribution in [0.3, 0.4) is 0 Å². The van der Waals surface area contributed by atoms with Gasteiger partial charge in [0.2, 0.25) is 5.91 Å². The summed E-state index contributed by atoms with van der Waals surface area (Å²) >= 11 is 0. The maximum Gasteiger partial charge on any atom is 0.319 e. The van der Waals surface area contributed by atoms with Crippen LogP contribution in [0.5, 0.6) is 0 Å². The van der Waals surface area contributed by atoms with Gasteiger partial charge in [0.1, 0.15) is 6.04 Å². The van der Waals surface area contributed by atoms with Crippen molar-refractivity contribution in [2.75, 3.05) is 39.8 Å². The zero-order chi connectivity index (χ0) is 16.1. The highest BCUT2D eigenvalue weighted by Crippen LogP contribution is 2.15. The molecule has 0 radical (unpaired) electrons. The SMILES string of the molecule is COC(=O)CN1CCN(C(=O)C(N)c2ccc(C)cc2)CC1.Cl. The fourth-order valence-corrected chi connectivity index (χ4v) is 2.49. The molecule has 2 rings (SSSR count). The largest absolute Gasteiger partial charge is 0.468 e. The molecule has 0 saturated carbocycles. The molecule has 1 atom stereocenters. The van der Waals surface area contributed by atoms with E-state index in [1.807, 2.05) is 36.1 Å². The Morgan fingerprint density at radius 2 is 1.74 bits per heavy atom. The predicted octanol–water partition coefficient (Wildman–Crippen LogP) is 0.734. The van der Waals surface area contributed by atoms with E-state index in [0.717, 1.165) is 11.1 Å². The second kappa shape index (κ2) is 8.86. The molecule has 0 spiro atoms. The van der Waals surface area contributed by atoms with Gasteiger partial charge in [-0.3, -0.25) is 14.5 Å². The minimum Gasteiger partial charge on any atom is -0.468 e. The van der Waals surface area contributed by atoms with Gasteiger partial charge in [-0.05, 0) is 12.5 Å². The third-order valence-corrected chi connectivity index (χ3v) is 3.97. The minimum atomic E-state index is -0.632. The number of aryl methyl sites for hydroxylation is 1. The number of hydrogen-bond donors (Lipinski definition) is 1. The fourth-order valence-electron chi connectivity index (χ4n) is 2.49. The molecule has 1 amide bonds. The van der Waals surface area contributed by atoms with Gasteiger partial charge in [-0.2, -0.15) is 0 Å². The molecular weight excluding hydrogens is 318 g/mol. The molecule has 1 aliphatic heterocycles. The number of ether oxygens (including phenoxy) is 1. The smallest absolute Gasteiger partial charge is 0.319 e. The van der Waals surface area contributed by atoms with Gasteiger partial charge >= 0.3 is 5.97 Å². The molecule has 0 aromatic heterocycles. The van der Waals surface area contributed by atoms with Gasteiger partial charge in [0.05, 0.1) is 13.7 Å². The molecule has 128 valence electrons. The average molecular weight is 342 g/mol. The topological polar surface area (TPSA) is 75.9 Å². The number of esters is 1. The first-order valence-electron chi connectivity index (χ1n) is 7.41. The van der Waals surface area contributed by atoms with Gasteiger partial charge in [0, 0.05) is 26.2 Å². The van der Waals surface area contributed by atoms with Crippen molar-refractivity contribution in [3.63, 3.8) is 0 Å². The first-order chi connectivity index (χ1) is 10.5. The van der Waals surface area contributed by atoms with E-state index in [-0.39, 0.29) is 30.8 Å². The highest BCUT2D eigenvalue weighted by atomic mass is 35.5. The maximum atomic E-state index is 12.5. The van der Waals surface area contributed by atoms with Crippen molar-refractivity contribution in [1.82, 2.24) is 9.80 Å². The van der Waals surface area contributed by atoms with Crippen LogP contribution in [-0.2, 0) is 14.3 Å². The lowest BCUT2D eigenvalue weighted by molar-refractivity contribution is -0.142. The Hall–Kier alpha value is -1.63.